The van der Waals surface area contributed by atoms with Gasteiger partial charge in [0.2, 0.25) is 5.91 Å². The molecule has 2 aromatic heterocycles. The molecule has 29 heavy (non-hydrogen) atoms. The van der Waals surface area contributed by atoms with Crippen molar-refractivity contribution in [2.75, 3.05) is 11.9 Å². The Kier molecular flexibility index (Phi) is 7.02. The lowest BCUT2D eigenvalue weighted by atomic mass is 10.1. The largest absolute Gasteiger partial charge is 0.462 e. The van der Waals surface area contributed by atoms with Gasteiger partial charge < -0.3 is 19.2 Å². The van der Waals surface area contributed by atoms with Crippen molar-refractivity contribution in [1.29, 1.82) is 0 Å². The zero-order valence-corrected chi connectivity index (χ0v) is 18.2. The minimum absolute atomic E-state index is 0.147. The zero-order chi connectivity index (χ0) is 21.8. The summed E-state index contributed by atoms with van der Waals surface area (Å²) in [4.78, 5) is 37.5. The first kappa shape index (κ1) is 22.4. The first-order chi connectivity index (χ1) is 13.5. The summed E-state index contributed by atoms with van der Waals surface area (Å²) in [5.41, 5.74) is -0.137. The zero-order valence-electron chi connectivity index (χ0n) is 17.4. The number of carbonyl (C=O) groups excluding carboxylic acids is 3. The lowest BCUT2D eigenvalue weighted by Gasteiger charge is -2.19. The highest BCUT2D eigenvalue weighted by molar-refractivity contribution is 7.18. The highest BCUT2D eigenvalue weighted by Gasteiger charge is 2.29. The molecule has 2 aromatic rings. The lowest BCUT2D eigenvalue weighted by molar-refractivity contribution is -0.111. The van der Waals surface area contributed by atoms with Crippen LogP contribution >= 0.6 is 11.3 Å². The van der Waals surface area contributed by atoms with E-state index in [1.807, 2.05) is 0 Å². The Morgan fingerprint density at radius 3 is 2.41 bits per heavy atom. The summed E-state index contributed by atoms with van der Waals surface area (Å²) < 4.78 is 15.9. The van der Waals surface area contributed by atoms with E-state index in [9.17, 15) is 14.4 Å². The van der Waals surface area contributed by atoms with Gasteiger partial charge in [-0.3, -0.25) is 4.79 Å². The van der Waals surface area contributed by atoms with Gasteiger partial charge in [0.25, 0.3) is 0 Å². The summed E-state index contributed by atoms with van der Waals surface area (Å²) >= 11 is 0.979. The Morgan fingerprint density at radius 2 is 1.86 bits per heavy atom. The van der Waals surface area contributed by atoms with Crippen LogP contribution in [0.4, 0.5) is 5.00 Å². The molecule has 1 N–H and O–H groups in total. The van der Waals surface area contributed by atoms with Gasteiger partial charge in [0.1, 0.15) is 27.0 Å². The minimum Gasteiger partial charge on any atom is -0.462 e. The highest BCUT2D eigenvalue weighted by Crippen LogP contribution is 2.35. The molecule has 7 nitrogen and oxygen atoms in total. The molecule has 0 unspecified atom stereocenters. The van der Waals surface area contributed by atoms with Crippen molar-refractivity contribution >= 4 is 40.3 Å². The predicted molar refractivity (Wildman–Crippen MR) is 111 cm³/mol. The summed E-state index contributed by atoms with van der Waals surface area (Å²) in [5, 5.41) is 2.88. The third-order valence-corrected chi connectivity index (χ3v) is 4.79. The van der Waals surface area contributed by atoms with Crippen LogP contribution in [0.3, 0.4) is 0 Å². The van der Waals surface area contributed by atoms with Crippen LogP contribution in [0.2, 0.25) is 0 Å². The second-order valence-electron chi connectivity index (χ2n) is 7.25. The van der Waals surface area contributed by atoms with Gasteiger partial charge >= 0.3 is 11.9 Å². The Bertz CT molecular complexity index is 945. The van der Waals surface area contributed by atoms with Crippen molar-refractivity contribution in [3.63, 3.8) is 0 Å². The minimum atomic E-state index is -0.690. The van der Waals surface area contributed by atoms with Gasteiger partial charge in [0, 0.05) is 6.08 Å². The summed E-state index contributed by atoms with van der Waals surface area (Å²) in [7, 11) is 0. The Morgan fingerprint density at radius 1 is 1.17 bits per heavy atom. The van der Waals surface area contributed by atoms with E-state index < -0.39 is 23.4 Å². The standard InChI is InChI=1S/C21H25NO6S/c1-7-26-19(24)16-13(3)17(20(25)28-21(4,5)6)29-18(16)22-15(23)11-10-14-9-8-12(2)27-14/h8-11H,7H2,1-6H3,(H,22,23)/b11-10+. The molecule has 8 heteroatoms. The topological polar surface area (TPSA) is 94.8 Å². The summed E-state index contributed by atoms with van der Waals surface area (Å²) in [6.07, 6.45) is 2.80. The number of carbonyl (C=O) groups is 3. The molecule has 0 atom stereocenters. The fourth-order valence-corrected chi connectivity index (χ4v) is 3.50. The van der Waals surface area contributed by atoms with E-state index in [0.29, 0.717) is 11.3 Å². The molecule has 0 saturated carbocycles. The average molecular weight is 419 g/mol. The van der Waals surface area contributed by atoms with Crippen LogP contribution in [0.15, 0.2) is 22.6 Å². The second kappa shape index (κ2) is 9.09. The van der Waals surface area contributed by atoms with E-state index in [0.717, 1.165) is 17.1 Å². The number of aryl methyl sites for hydroxylation is 1. The fourth-order valence-electron chi connectivity index (χ4n) is 2.42. The molecule has 0 aliphatic heterocycles. The van der Waals surface area contributed by atoms with Crippen LogP contribution in [0.5, 0.6) is 0 Å². The van der Waals surface area contributed by atoms with E-state index >= 15 is 0 Å². The quantitative estimate of drug-likeness (QED) is 0.537. The number of amides is 1. The Labute approximate surface area is 173 Å². The molecule has 0 saturated heterocycles. The summed E-state index contributed by atoms with van der Waals surface area (Å²) in [5.74, 6) is -0.392. The smallest absolute Gasteiger partial charge is 0.349 e. The third-order valence-electron chi connectivity index (χ3n) is 3.61. The van der Waals surface area contributed by atoms with E-state index in [-0.39, 0.29) is 22.0 Å². The predicted octanol–water partition coefficient (Wildman–Crippen LogP) is 4.74. The van der Waals surface area contributed by atoms with E-state index in [1.54, 1.807) is 53.7 Å². The molecule has 0 radical (unpaired) electrons. The van der Waals surface area contributed by atoms with Gasteiger partial charge in [0.15, 0.2) is 0 Å². The molecule has 0 aliphatic carbocycles. The molecule has 156 valence electrons. The number of anilines is 1. The SMILES string of the molecule is CCOC(=O)c1c(NC(=O)/C=C/c2ccc(C)o2)sc(C(=O)OC(C)(C)C)c1C. The normalized spacial score (nSPS) is 11.5. The first-order valence-corrected chi connectivity index (χ1v) is 9.92. The maximum absolute atomic E-state index is 12.5. The molecule has 0 aromatic carbocycles. The van der Waals surface area contributed by atoms with Crippen LogP contribution in [0, 0.1) is 13.8 Å². The van der Waals surface area contributed by atoms with Gasteiger partial charge in [-0.15, -0.1) is 11.3 Å². The number of nitrogens with one attached hydrogen (secondary N) is 1. The summed E-state index contributed by atoms with van der Waals surface area (Å²) in [6, 6.07) is 3.52. The monoisotopic (exact) mass is 419 g/mol. The van der Waals surface area contributed by atoms with Crippen LogP contribution < -0.4 is 5.32 Å². The number of hydrogen-bond donors (Lipinski definition) is 1. The van der Waals surface area contributed by atoms with Crippen LogP contribution in [-0.2, 0) is 14.3 Å². The number of esters is 2. The van der Waals surface area contributed by atoms with E-state index in [1.165, 1.54) is 12.2 Å². The Hall–Kier alpha value is -2.87. The van der Waals surface area contributed by atoms with Crippen LogP contribution in [-0.4, -0.2) is 30.1 Å². The highest BCUT2D eigenvalue weighted by atomic mass is 32.1. The van der Waals surface area contributed by atoms with Crippen molar-refractivity contribution in [3.8, 4) is 0 Å². The van der Waals surface area contributed by atoms with Gasteiger partial charge in [-0.25, -0.2) is 9.59 Å². The molecular weight excluding hydrogens is 394 g/mol. The molecule has 2 heterocycles. The van der Waals surface area contributed by atoms with Crippen molar-refractivity contribution < 1.29 is 28.3 Å². The second-order valence-corrected chi connectivity index (χ2v) is 8.27. The van der Waals surface area contributed by atoms with Crippen molar-refractivity contribution in [1.82, 2.24) is 0 Å². The first-order valence-electron chi connectivity index (χ1n) is 9.11. The van der Waals surface area contributed by atoms with Crippen molar-refractivity contribution in [2.45, 2.75) is 47.1 Å². The number of rotatable bonds is 6. The van der Waals surface area contributed by atoms with Gasteiger partial charge in [-0.1, -0.05) is 0 Å². The van der Waals surface area contributed by atoms with Crippen molar-refractivity contribution in [2.24, 2.45) is 0 Å². The molecule has 1 amide bonds. The maximum Gasteiger partial charge on any atom is 0.349 e. The van der Waals surface area contributed by atoms with E-state index in [2.05, 4.69) is 5.32 Å². The molecule has 0 spiro atoms. The summed E-state index contributed by atoms with van der Waals surface area (Å²) in [6.45, 7) is 10.5. The van der Waals surface area contributed by atoms with Crippen LogP contribution in [0.1, 0.15) is 64.8 Å². The number of furan rings is 1. The average Bonchev–Trinajstić information content (AvgIpc) is 3.15. The van der Waals surface area contributed by atoms with E-state index in [4.69, 9.17) is 13.9 Å². The molecule has 0 fully saturated rings. The number of ether oxygens (including phenoxy) is 2. The van der Waals surface area contributed by atoms with Gasteiger partial charge in [0.05, 0.1) is 12.2 Å². The van der Waals surface area contributed by atoms with Crippen LogP contribution in [0.25, 0.3) is 6.08 Å². The third kappa shape index (κ3) is 6.05. The molecule has 2 rings (SSSR count). The number of hydrogen-bond acceptors (Lipinski definition) is 7. The van der Waals surface area contributed by atoms with Gasteiger partial charge in [-0.05, 0) is 65.3 Å². The molecular formula is C21H25NO6S. The fraction of sp³-hybridized carbons (Fsp3) is 0.381. The maximum atomic E-state index is 12.5. The Balaban J connectivity index is 2.32. The number of thiophene rings is 1. The van der Waals surface area contributed by atoms with Gasteiger partial charge in [-0.2, -0.15) is 0 Å². The molecule has 0 bridgehead atoms. The molecule has 0 aliphatic rings. The lowest BCUT2D eigenvalue weighted by Crippen LogP contribution is -2.23. The van der Waals surface area contributed by atoms with Crippen molar-refractivity contribution in [3.05, 3.63) is 45.7 Å².